The van der Waals surface area contributed by atoms with E-state index in [0.717, 1.165) is 17.3 Å². The molecule has 156 valence electrons. The molecule has 2 amide bonds. The van der Waals surface area contributed by atoms with E-state index in [1.54, 1.807) is 18.2 Å². The van der Waals surface area contributed by atoms with Crippen LogP contribution in [0.4, 0.5) is 4.79 Å². The van der Waals surface area contributed by atoms with Gasteiger partial charge in [0.2, 0.25) is 0 Å². The predicted molar refractivity (Wildman–Crippen MR) is 120 cm³/mol. The van der Waals surface area contributed by atoms with Crippen LogP contribution in [-0.4, -0.2) is 39.7 Å². The van der Waals surface area contributed by atoms with Crippen molar-refractivity contribution in [1.82, 2.24) is 9.80 Å². The van der Waals surface area contributed by atoms with Gasteiger partial charge in [0.25, 0.3) is 11.1 Å². The molecule has 3 fully saturated rings. The van der Waals surface area contributed by atoms with Crippen LogP contribution < -0.4 is 0 Å². The number of benzene rings is 1. The average Bonchev–Trinajstić information content (AvgIpc) is 3.01. The van der Waals surface area contributed by atoms with Crippen molar-refractivity contribution in [3.8, 4) is 0 Å². The number of carbonyl (C=O) groups excluding carboxylic acids is 2. The molecule has 4 rings (SSSR count). The quantitative estimate of drug-likeness (QED) is 0.512. The summed E-state index contributed by atoms with van der Waals surface area (Å²) < 4.78 is 0. The van der Waals surface area contributed by atoms with Gasteiger partial charge < -0.3 is 0 Å². The molecule has 4 nitrogen and oxygen atoms in total. The second-order valence-electron chi connectivity index (χ2n) is 8.40. The van der Waals surface area contributed by atoms with Gasteiger partial charge in [0.15, 0.2) is 0 Å². The van der Waals surface area contributed by atoms with Crippen molar-refractivity contribution in [2.45, 2.75) is 76.3 Å². The fraction of sp³-hybridized carbons (Fsp3) is 0.565. The smallest absolute Gasteiger partial charge is 0.280 e. The lowest BCUT2D eigenvalue weighted by Gasteiger charge is -2.42. The second-order valence-corrected chi connectivity index (χ2v) is 9.83. The van der Waals surface area contributed by atoms with Gasteiger partial charge in [-0.1, -0.05) is 62.3 Å². The Balaban J connectivity index is 1.51. The molecule has 0 bridgehead atoms. The van der Waals surface area contributed by atoms with Crippen LogP contribution in [0.3, 0.4) is 0 Å². The first-order chi connectivity index (χ1) is 14.1. The summed E-state index contributed by atoms with van der Waals surface area (Å²) in [7, 11) is 0. The van der Waals surface area contributed by atoms with Crippen molar-refractivity contribution < 1.29 is 9.59 Å². The monoisotopic (exact) mass is 432 g/mol. The highest BCUT2D eigenvalue weighted by Crippen LogP contribution is 2.35. The molecule has 2 aliphatic carbocycles. The maximum atomic E-state index is 13.1. The first-order valence-corrected chi connectivity index (χ1v) is 12.1. The minimum absolute atomic E-state index is 0.146. The Hall–Kier alpha value is -1.30. The van der Waals surface area contributed by atoms with Crippen LogP contribution in [-0.2, 0) is 4.79 Å². The second kappa shape index (κ2) is 9.67. The molecule has 2 saturated carbocycles. The fourth-order valence-corrected chi connectivity index (χ4v) is 5.81. The van der Waals surface area contributed by atoms with Crippen LogP contribution in [0, 0.1) is 0 Å². The van der Waals surface area contributed by atoms with Gasteiger partial charge in [-0.2, -0.15) is 0 Å². The van der Waals surface area contributed by atoms with E-state index >= 15 is 0 Å². The van der Waals surface area contributed by atoms with E-state index in [4.69, 9.17) is 11.6 Å². The summed E-state index contributed by atoms with van der Waals surface area (Å²) in [5, 5.41) is 0.512. The SMILES string of the molecule is O=C1S/C(=C\c2ccc(Cl)cc2)C(=O)N1CN(C1CCCCC1)C1CCCCC1. The zero-order valence-corrected chi connectivity index (χ0v) is 18.4. The van der Waals surface area contributed by atoms with Crippen molar-refractivity contribution in [2.24, 2.45) is 0 Å². The number of halogens is 1. The van der Waals surface area contributed by atoms with Crippen LogP contribution in [0.25, 0.3) is 6.08 Å². The third kappa shape index (κ3) is 5.07. The van der Waals surface area contributed by atoms with E-state index in [2.05, 4.69) is 4.90 Å². The third-order valence-electron chi connectivity index (χ3n) is 6.43. The molecule has 0 radical (unpaired) electrons. The summed E-state index contributed by atoms with van der Waals surface area (Å²) in [6.45, 7) is 0.442. The Labute approximate surface area is 182 Å². The minimum Gasteiger partial charge on any atom is -0.280 e. The molecule has 6 heteroatoms. The van der Waals surface area contributed by atoms with Crippen LogP contribution in [0.15, 0.2) is 29.2 Å². The molecule has 0 N–H and O–H groups in total. The largest absolute Gasteiger partial charge is 0.294 e. The maximum absolute atomic E-state index is 13.1. The summed E-state index contributed by atoms with van der Waals surface area (Å²) in [6, 6.07) is 8.33. The molecule has 0 atom stereocenters. The molecule has 1 saturated heterocycles. The lowest BCUT2D eigenvalue weighted by Crippen LogP contribution is -2.51. The zero-order chi connectivity index (χ0) is 20.2. The first kappa shape index (κ1) is 21.0. The minimum atomic E-state index is -0.161. The van der Waals surface area contributed by atoms with Crippen LogP contribution in [0.5, 0.6) is 0 Å². The van der Waals surface area contributed by atoms with Crippen LogP contribution in [0.1, 0.15) is 69.8 Å². The number of carbonyl (C=O) groups is 2. The van der Waals surface area contributed by atoms with E-state index in [-0.39, 0.29) is 11.1 Å². The summed E-state index contributed by atoms with van der Waals surface area (Å²) in [6.07, 6.45) is 14.2. The van der Waals surface area contributed by atoms with E-state index in [9.17, 15) is 9.59 Å². The standard InChI is InChI=1S/C23H29ClN2O2S/c24-18-13-11-17(12-14-18)15-21-22(27)26(23(28)29-21)16-25(19-7-3-1-4-8-19)20-9-5-2-6-10-20/h11-15,19-20H,1-10,16H2/b21-15-. The number of amides is 2. The fourth-order valence-electron chi connectivity index (χ4n) is 4.85. The van der Waals surface area contributed by atoms with Crippen molar-refractivity contribution in [3.05, 3.63) is 39.8 Å². The molecular formula is C23H29ClN2O2S. The highest BCUT2D eigenvalue weighted by atomic mass is 35.5. The molecule has 0 unspecified atom stereocenters. The van der Waals surface area contributed by atoms with E-state index in [1.807, 2.05) is 12.1 Å². The molecular weight excluding hydrogens is 404 g/mol. The molecule has 0 aromatic heterocycles. The summed E-state index contributed by atoms with van der Waals surface area (Å²) in [5.74, 6) is -0.161. The Morgan fingerprint density at radius 1 is 0.931 bits per heavy atom. The lowest BCUT2D eigenvalue weighted by atomic mass is 9.89. The maximum Gasteiger partial charge on any atom is 0.294 e. The molecule has 1 aromatic carbocycles. The zero-order valence-electron chi connectivity index (χ0n) is 16.8. The third-order valence-corrected chi connectivity index (χ3v) is 7.59. The summed E-state index contributed by atoms with van der Waals surface area (Å²) >= 11 is 7.00. The first-order valence-electron chi connectivity index (χ1n) is 10.9. The van der Waals surface area contributed by atoms with Crippen LogP contribution >= 0.6 is 23.4 Å². The summed E-state index contributed by atoms with van der Waals surface area (Å²) in [4.78, 5) is 30.2. The van der Waals surface area contributed by atoms with Gasteiger partial charge in [0, 0.05) is 17.1 Å². The van der Waals surface area contributed by atoms with Crippen molar-refractivity contribution >= 4 is 40.6 Å². The Bertz CT molecular complexity index is 750. The Morgan fingerprint density at radius 2 is 1.48 bits per heavy atom. The molecule has 0 spiro atoms. The van der Waals surface area contributed by atoms with Crippen molar-refractivity contribution in [2.75, 3.05) is 6.67 Å². The molecule has 1 heterocycles. The molecule has 1 aromatic rings. The number of thioether (sulfide) groups is 1. The van der Waals surface area contributed by atoms with Gasteiger partial charge in [0.05, 0.1) is 11.6 Å². The number of rotatable bonds is 5. The molecule has 29 heavy (non-hydrogen) atoms. The van der Waals surface area contributed by atoms with Gasteiger partial charge in [0.1, 0.15) is 0 Å². The summed E-state index contributed by atoms with van der Waals surface area (Å²) in [5.41, 5.74) is 0.885. The average molecular weight is 433 g/mol. The highest BCUT2D eigenvalue weighted by Gasteiger charge is 2.39. The molecule has 3 aliphatic rings. The molecule has 1 aliphatic heterocycles. The Morgan fingerprint density at radius 3 is 2.03 bits per heavy atom. The predicted octanol–water partition coefficient (Wildman–Crippen LogP) is 6.30. The number of hydrogen-bond donors (Lipinski definition) is 0. The number of imide groups is 1. The van der Waals surface area contributed by atoms with Gasteiger partial charge in [-0.25, -0.2) is 0 Å². The van der Waals surface area contributed by atoms with E-state index < -0.39 is 0 Å². The number of nitrogens with zero attached hydrogens (tertiary/aromatic N) is 2. The topological polar surface area (TPSA) is 40.6 Å². The lowest BCUT2D eigenvalue weighted by molar-refractivity contribution is -0.125. The van der Waals surface area contributed by atoms with Gasteiger partial charge in [-0.05, 0) is 61.2 Å². The van der Waals surface area contributed by atoms with Gasteiger partial charge in [-0.15, -0.1) is 0 Å². The number of hydrogen-bond acceptors (Lipinski definition) is 4. The van der Waals surface area contributed by atoms with Gasteiger partial charge >= 0.3 is 0 Å². The van der Waals surface area contributed by atoms with Crippen molar-refractivity contribution in [1.29, 1.82) is 0 Å². The highest BCUT2D eigenvalue weighted by molar-refractivity contribution is 8.18. The van der Waals surface area contributed by atoms with E-state index in [0.29, 0.717) is 28.7 Å². The van der Waals surface area contributed by atoms with Gasteiger partial charge in [-0.3, -0.25) is 19.4 Å². The van der Waals surface area contributed by atoms with Crippen LogP contribution in [0.2, 0.25) is 5.02 Å². The normalized spacial score (nSPS) is 23.5. The van der Waals surface area contributed by atoms with E-state index in [1.165, 1.54) is 69.1 Å². The Kier molecular flexibility index (Phi) is 6.99. The van der Waals surface area contributed by atoms with Crippen molar-refractivity contribution in [3.63, 3.8) is 0 Å².